The minimum absolute atomic E-state index is 0.174. The highest BCUT2D eigenvalue weighted by atomic mass is 16.2. The van der Waals surface area contributed by atoms with Crippen molar-refractivity contribution in [3.05, 3.63) is 36.5 Å². The zero-order valence-electron chi connectivity index (χ0n) is 9.66. The lowest BCUT2D eigenvalue weighted by molar-refractivity contribution is -0.119. The molecule has 0 aromatic carbocycles. The minimum Gasteiger partial charge on any atom is -0.309 e. The van der Waals surface area contributed by atoms with Gasteiger partial charge in [0.25, 0.3) is 0 Å². The lowest BCUT2D eigenvalue weighted by atomic mass is 10.3. The van der Waals surface area contributed by atoms with Gasteiger partial charge in [0.05, 0.1) is 0 Å². The third-order valence-electron chi connectivity index (χ3n) is 2.38. The van der Waals surface area contributed by atoms with Crippen LogP contribution in [0.2, 0.25) is 0 Å². The van der Waals surface area contributed by atoms with Crippen molar-refractivity contribution in [3.63, 3.8) is 0 Å². The number of nitrogens with one attached hydrogen (secondary N) is 1. The molecule has 1 N–H and O–H groups in total. The lowest BCUT2D eigenvalue weighted by Crippen LogP contribution is -2.24. The molecule has 0 saturated carbocycles. The van der Waals surface area contributed by atoms with Gasteiger partial charge in [0, 0.05) is 6.20 Å². The van der Waals surface area contributed by atoms with E-state index in [2.05, 4.69) is 20.4 Å². The van der Waals surface area contributed by atoms with Crippen molar-refractivity contribution in [3.8, 4) is 0 Å². The van der Waals surface area contributed by atoms with Crippen LogP contribution in [0.1, 0.15) is 18.5 Å². The maximum absolute atomic E-state index is 11.9. The fourth-order valence-corrected chi connectivity index (χ4v) is 1.31. The van der Waals surface area contributed by atoms with Crippen molar-refractivity contribution in [1.82, 2.24) is 19.7 Å². The average Bonchev–Trinajstić information content (AvgIpc) is 2.84. The van der Waals surface area contributed by atoms with E-state index in [4.69, 9.17) is 0 Å². The standard InChI is InChI=1S/C11H13N5O/c1-8-3-4-10(13-5-8)15-11(17)9(2)16-7-12-6-14-16/h3-7,9H,1-2H3,(H,13,15,17). The maximum Gasteiger partial charge on any atom is 0.250 e. The summed E-state index contributed by atoms with van der Waals surface area (Å²) < 4.78 is 1.49. The number of carbonyl (C=O) groups is 1. The topological polar surface area (TPSA) is 72.7 Å². The number of aryl methyl sites for hydroxylation is 1. The first kappa shape index (κ1) is 11.3. The Balaban J connectivity index is 2.04. The van der Waals surface area contributed by atoms with Gasteiger partial charge in [-0.25, -0.2) is 14.6 Å². The van der Waals surface area contributed by atoms with Crippen LogP contribution in [-0.2, 0) is 4.79 Å². The Morgan fingerprint density at radius 2 is 2.29 bits per heavy atom. The Morgan fingerprint density at radius 3 is 2.88 bits per heavy atom. The largest absolute Gasteiger partial charge is 0.309 e. The highest BCUT2D eigenvalue weighted by molar-refractivity contribution is 5.92. The summed E-state index contributed by atoms with van der Waals surface area (Å²) in [5.74, 6) is 0.361. The van der Waals surface area contributed by atoms with Gasteiger partial charge in [-0.3, -0.25) is 4.79 Å². The SMILES string of the molecule is Cc1ccc(NC(=O)C(C)n2cncn2)nc1. The molecule has 0 aliphatic rings. The molecule has 2 rings (SSSR count). The summed E-state index contributed by atoms with van der Waals surface area (Å²) in [6.45, 7) is 3.69. The van der Waals surface area contributed by atoms with Crippen LogP contribution < -0.4 is 5.32 Å². The maximum atomic E-state index is 11.9. The second kappa shape index (κ2) is 4.73. The molecule has 17 heavy (non-hydrogen) atoms. The van der Waals surface area contributed by atoms with Gasteiger partial charge < -0.3 is 5.32 Å². The molecule has 1 atom stereocenters. The molecule has 0 bridgehead atoms. The van der Waals surface area contributed by atoms with Gasteiger partial charge in [0.2, 0.25) is 5.91 Å². The Bertz CT molecular complexity index is 491. The number of anilines is 1. The highest BCUT2D eigenvalue weighted by Gasteiger charge is 2.15. The van der Waals surface area contributed by atoms with Crippen LogP contribution in [0.15, 0.2) is 31.0 Å². The quantitative estimate of drug-likeness (QED) is 0.860. The van der Waals surface area contributed by atoms with E-state index in [9.17, 15) is 4.79 Å². The molecule has 1 unspecified atom stereocenters. The Kier molecular flexibility index (Phi) is 3.13. The summed E-state index contributed by atoms with van der Waals surface area (Å²) in [7, 11) is 0. The molecule has 0 saturated heterocycles. The van der Waals surface area contributed by atoms with Crippen LogP contribution in [0.4, 0.5) is 5.82 Å². The summed E-state index contributed by atoms with van der Waals surface area (Å²) >= 11 is 0. The van der Waals surface area contributed by atoms with Crippen LogP contribution >= 0.6 is 0 Å². The molecule has 0 spiro atoms. The van der Waals surface area contributed by atoms with Crippen LogP contribution in [0.3, 0.4) is 0 Å². The number of hydrogen-bond acceptors (Lipinski definition) is 4. The van der Waals surface area contributed by atoms with Gasteiger partial charge in [-0.1, -0.05) is 6.07 Å². The Hall–Kier alpha value is -2.24. The van der Waals surface area contributed by atoms with E-state index in [1.807, 2.05) is 13.0 Å². The minimum atomic E-state index is -0.416. The van der Waals surface area contributed by atoms with Gasteiger partial charge in [-0.2, -0.15) is 5.10 Å². The van der Waals surface area contributed by atoms with Gasteiger partial charge >= 0.3 is 0 Å². The molecule has 0 radical (unpaired) electrons. The molecule has 2 aromatic heterocycles. The van der Waals surface area contributed by atoms with Gasteiger partial charge in [0.1, 0.15) is 24.5 Å². The van der Waals surface area contributed by atoms with E-state index in [1.165, 1.54) is 17.3 Å². The third kappa shape index (κ3) is 2.66. The second-order valence-corrected chi connectivity index (χ2v) is 3.76. The molecule has 0 aliphatic heterocycles. The molecular weight excluding hydrogens is 218 g/mol. The number of hydrogen-bond donors (Lipinski definition) is 1. The summed E-state index contributed by atoms with van der Waals surface area (Å²) in [5.41, 5.74) is 1.05. The zero-order chi connectivity index (χ0) is 12.3. The van der Waals surface area contributed by atoms with Crippen molar-refractivity contribution in [2.45, 2.75) is 19.9 Å². The summed E-state index contributed by atoms with van der Waals surface area (Å²) in [4.78, 5) is 19.8. The van der Waals surface area contributed by atoms with E-state index < -0.39 is 6.04 Å². The third-order valence-corrected chi connectivity index (χ3v) is 2.38. The Labute approximate surface area is 98.7 Å². The lowest BCUT2D eigenvalue weighted by Gasteiger charge is -2.11. The van der Waals surface area contributed by atoms with E-state index in [0.717, 1.165) is 5.56 Å². The van der Waals surface area contributed by atoms with Crippen LogP contribution in [0.25, 0.3) is 0 Å². The summed E-state index contributed by atoms with van der Waals surface area (Å²) in [6, 6.07) is 3.24. The number of nitrogens with zero attached hydrogens (tertiary/aromatic N) is 4. The molecular formula is C11H13N5O. The molecule has 88 valence electrons. The molecule has 1 amide bonds. The highest BCUT2D eigenvalue weighted by Crippen LogP contribution is 2.08. The molecule has 0 fully saturated rings. The van der Waals surface area contributed by atoms with Crippen molar-refractivity contribution in [2.24, 2.45) is 0 Å². The average molecular weight is 231 g/mol. The van der Waals surface area contributed by atoms with E-state index in [0.29, 0.717) is 5.82 Å². The van der Waals surface area contributed by atoms with Crippen LogP contribution in [0, 0.1) is 6.92 Å². The van der Waals surface area contributed by atoms with E-state index in [1.54, 1.807) is 19.2 Å². The first-order valence-corrected chi connectivity index (χ1v) is 5.24. The number of carbonyl (C=O) groups excluding carboxylic acids is 1. The van der Waals surface area contributed by atoms with Crippen molar-refractivity contribution >= 4 is 11.7 Å². The summed E-state index contributed by atoms with van der Waals surface area (Å²) in [5, 5.41) is 6.64. The molecule has 6 heteroatoms. The number of amides is 1. The number of pyridine rings is 1. The fraction of sp³-hybridized carbons (Fsp3) is 0.273. The van der Waals surface area contributed by atoms with Crippen molar-refractivity contribution in [1.29, 1.82) is 0 Å². The normalized spacial score (nSPS) is 12.1. The van der Waals surface area contributed by atoms with Gasteiger partial charge in [-0.15, -0.1) is 0 Å². The van der Waals surface area contributed by atoms with Crippen LogP contribution in [-0.4, -0.2) is 25.7 Å². The first-order chi connectivity index (χ1) is 8.16. The second-order valence-electron chi connectivity index (χ2n) is 3.76. The van der Waals surface area contributed by atoms with E-state index >= 15 is 0 Å². The fourth-order valence-electron chi connectivity index (χ4n) is 1.31. The first-order valence-electron chi connectivity index (χ1n) is 5.24. The van der Waals surface area contributed by atoms with Crippen LogP contribution in [0.5, 0.6) is 0 Å². The Morgan fingerprint density at radius 1 is 1.47 bits per heavy atom. The predicted molar refractivity (Wildman–Crippen MR) is 62.3 cm³/mol. The van der Waals surface area contributed by atoms with E-state index in [-0.39, 0.29) is 5.91 Å². The monoisotopic (exact) mass is 231 g/mol. The van der Waals surface area contributed by atoms with Crippen molar-refractivity contribution in [2.75, 3.05) is 5.32 Å². The molecule has 6 nitrogen and oxygen atoms in total. The summed E-state index contributed by atoms with van der Waals surface area (Å²) in [6.07, 6.45) is 4.61. The number of aromatic nitrogens is 4. The van der Waals surface area contributed by atoms with Gasteiger partial charge in [0.15, 0.2) is 0 Å². The predicted octanol–water partition coefficient (Wildman–Crippen LogP) is 1.18. The van der Waals surface area contributed by atoms with Gasteiger partial charge in [-0.05, 0) is 25.5 Å². The molecule has 2 aromatic rings. The smallest absolute Gasteiger partial charge is 0.250 e. The number of rotatable bonds is 3. The zero-order valence-corrected chi connectivity index (χ0v) is 9.66. The van der Waals surface area contributed by atoms with Crippen molar-refractivity contribution < 1.29 is 4.79 Å². The molecule has 0 aliphatic carbocycles. The molecule has 2 heterocycles.